The smallest absolute Gasteiger partial charge is 0.410 e. The third-order valence-corrected chi connectivity index (χ3v) is 5.63. The molecule has 1 saturated heterocycles. The van der Waals surface area contributed by atoms with E-state index in [-0.39, 0.29) is 17.4 Å². The molecule has 1 aliphatic heterocycles. The van der Waals surface area contributed by atoms with Gasteiger partial charge in [0.2, 0.25) is 0 Å². The van der Waals surface area contributed by atoms with Gasteiger partial charge in [-0.3, -0.25) is 0 Å². The first-order valence-electron chi connectivity index (χ1n) is 7.17. The second-order valence-electron chi connectivity index (χ2n) is 5.55. The molecule has 116 valence electrons. The zero-order chi connectivity index (χ0) is 15.6. The Kier molecular flexibility index (Phi) is 4.02. The molecule has 1 amide bonds. The predicted molar refractivity (Wildman–Crippen MR) is 84.7 cm³/mol. The van der Waals surface area contributed by atoms with Gasteiger partial charge in [0.1, 0.15) is 5.75 Å². The van der Waals surface area contributed by atoms with Crippen LogP contribution in [0.5, 0.6) is 5.75 Å². The van der Waals surface area contributed by atoms with Crippen LogP contribution in [-0.4, -0.2) is 32.6 Å². The molecule has 2 aromatic carbocycles. The van der Waals surface area contributed by atoms with Gasteiger partial charge in [-0.15, -0.1) is 0 Å². The first kappa shape index (κ1) is 14.8. The topological polar surface area (TPSA) is 72.5 Å². The number of amides is 1. The number of benzene rings is 2. The van der Waals surface area contributed by atoms with Crippen LogP contribution in [0.3, 0.4) is 0 Å². The molecule has 0 aliphatic carbocycles. The van der Waals surface area contributed by atoms with Crippen LogP contribution in [0.1, 0.15) is 6.42 Å². The highest BCUT2D eigenvalue weighted by atomic mass is 32.2. The Hall–Kier alpha value is -2.08. The summed E-state index contributed by atoms with van der Waals surface area (Å²) in [7, 11) is -2.92. The van der Waals surface area contributed by atoms with Crippen LogP contribution in [0.2, 0.25) is 0 Å². The van der Waals surface area contributed by atoms with Crippen molar-refractivity contribution in [2.24, 2.45) is 5.92 Å². The van der Waals surface area contributed by atoms with Crippen molar-refractivity contribution in [1.82, 2.24) is 5.32 Å². The van der Waals surface area contributed by atoms with Crippen molar-refractivity contribution in [2.75, 3.05) is 18.1 Å². The number of carbonyl (C=O) groups is 1. The van der Waals surface area contributed by atoms with Gasteiger partial charge < -0.3 is 10.1 Å². The van der Waals surface area contributed by atoms with E-state index in [9.17, 15) is 13.2 Å². The van der Waals surface area contributed by atoms with Crippen molar-refractivity contribution < 1.29 is 17.9 Å². The largest absolute Gasteiger partial charge is 0.412 e. The normalized spacial score (nSPS) is 19.9. The summed E-state index contributed by atoms with van der Waals surface area (Å²) < 4.78 is 27.9. The second-order valence-corrected chi connectivity index (χ2v) is 7.78. The fourth-order valence-electron chi connectivity index (χ4n) is 2.63. The Morgan fingerprint density at radius 1 is 1.18 bits per heavy atom. The Morgan fingerprint density at radius 3 is 2.68 bits per heavy atom. The lowest BCUT2D eigenvalue weighted by Crippen LogP contribution is -2.32. The Balaban J connectivity index is 1.56. The summed E-state index contributed by atoms with van der Waals surface area (Å²) in [5.41, 5.74) is 0. The van der Waals surface area contributed by atoms with E-state index in [2.05, 4.69) is 5.32 Å². The van der Waals surface area contributed by atoms with E-state index in [1.165, 1.54) is 0 Å². The number of hydrogen-bond acceptors (Lipinski definition) is 4. The summed E-state index contributed by atoms with van der Waals surface area (Å²) >= 11 is 0. The molecule has 0 spiro atoms. The molecule has 0 bridgehead atoms. The van der Waals surface area contributed by atoms with Crippen LogP contribution >= 0.6 is 0 Å². The molecule has 1 fully saturated rings. The molecular weight excluding hydrogens is 302 g/mol. The minimum Gasteiger partial charge on any atom is -0.410 e. The quantitative estimate of drug-likeness (QED) is 0.942. The Labute approximate surface area is 129 Å². The zero-order valence-corrected chi connectivity index (χ0v) is 12.8. The van der Waals surface area contributed by atoms with Gasteiger partial charge in [-0.2, -0.15) is 0 Å². The van der Waals surface area contributed by atoms with Gasteiger partial charge in [0.25, 0.3) is 0 Å². The van der Waals surface area contributed by atoms with Crippen LogP contribution in [0.25, 0.3) is 10.8 Å². The summed E-state index contributed by atoms with van der Waals surface area (Å²) in [4.78, 5) is 11.8. The number of fused-ring (bicyclic) bond motifs is 1. The fraction of sp³-hybridized carbons (Fsp3) is 0.312. The number of sulfone groups is 1. The molecule has 5 nitrogen and oxygen atoms in total. The van der Waals surface area contributed by atoms with Gasteiger partial charge in [-0.1, -0.05) is 30.3 Å². The molecule has 3 rings (SSSR count). The standard InChI is InChI=1S/C16H17NO4S/c18-16(17-10-12-7-8-22(19,20)11-12)21-15-6-5-13-3-1-2-4-14(13)9-15/h1-6,9,12H,7-8,10-11H2,(H,17,18). The van der Waals surface area contributed by atoms with Crippen LogP contribution in [-0.2, 0) is 9.84 Å². The monoisotopic (exact) mass is 319 g/mol. The van der Waals surface area contributed by atoms with E-state index in [1.807, 2.05) is 30.3 Å². The molecule has 2 aromatic rings. The summed E-state index contributed by atoms with van der Waals surface area (Å²) in [6.07, 6.45) is 0.0399. The zero-order valence-electron chi connectivity index (χ0n) is 12.0. The summed E-state index contributed by atoms with van der Waals surface area (Å²) in [6.45, 7) is 0.325. The number of carbonyl (C=O) groups excluding carboxylic acids is 1. The highest BCUT2D eigenvalue weighted by Crippen LogP contribution is 2.21. The van der Waals surface area contributed by atoms with Crippen molar-refractivity contribution in [3.8, 4) is 5.75 Å². The van der Waals surface area contributed by atoms with Crippen LogP contribution in [0.4, 0.5) is 4.79 Å². The predicted octanol–water partition coefficient (Wildman–Crippen LogP) is 2.36. The SMILES string of the molecule is O=C(NCC1CCS(=O)(=O)C1)Oc1ccc2ccccc2c1. The second kappa shape index (κ2) is 5.96. The van der Waals surface area contributed by atoms with E-state index < -0.39 is 15.9 Å². The molecule has 1 aliphatic rings. The first-order chi connectivity index (χ1) is 10.5. The number of rotatable bonds is 3. The maximum absolute atomic E-state index is 11.8. The molecule has 0 aromatic heterocycles. The average molecular weight is 319 g/mol. The van der Waals surface area contributed by atoms with Crippen molar-refractivity contribution in [2.45, 2.75) is 6.42 Å². The number of ether oxygens (including phenoxy) is 1. The Morgan fingerprint density at radius 2 is 1.95 bits per heavy atom. The first-order valence-corrected chi connectivity index (χ1v) is 8.99. The molecule has 1 unspecified atom stereocenters. The van der Waals surface area contributed by atoms with Gasteiger partial charge in [-0.05, 0) is 35.2 Å². The number of hydrogen-bond donors (Lipinski definition) is 1. The third kappa shape index (κ3) is 3.57. The van der Waals surface area contributed by atoms with Crippen LogP contribution < -0.4 is 10.1 Å². The van der Waals surface area contributed by atoms with Gasteiger partial charge in [0, 0.05) is 6.54 Å². The summed E-state index contributed by atoms with van der Waals surface area (Å²) in [6, 6.07) is 13.2. The molecule has 1 heterocycles. The Bertz CT molecular complexity index is 801. The van der Waals surface area contributed by atoms with E-state index in [0.717, 1.165) is 10.8 Å². The molecule has 0 radical (unpaired) electrons. The van der Waals surface area contributed by atoms with Gasteiger partial charge in [0.05, 0.1) is 11.5 Å². The van der Waals surface area contributed by atoms with Crippen molar-refractivity contribution in [3.63, 3.8) is 0 Å². The summed E-state index contributed by atoms with van der Waals surface area (Å²) in [5.74, 6) is 0.798. The lowest BCUT2D eigenvalue weighted by Gasteiger charge is -2.10. The highest BCUT2D eigenvalue weighted by Gasteiger charge is 2.28. The van der Waals surface area contributed by atoms with Crippen molar-refractivity contribution in [1.29, 1.82) is 0 Å². The van der Waals surface area contributed by atoms with Crippen molar-refractivity contribution >= 4 is 26.7 Å². The van der Waals surface area contributed by atoms with E-state index in [4.69, 9.17) is 4.74 Å². The molecule has 1 N–H and O–H groups in total. The minimum atomic E-state index is -2.92. The van der Waals surface area contributed by atoms with Crippen LogP contribution in [0, 0.1) is 5.92 Å². The lowest BCUT2D eigenvalue weighted by atomic mass is 10.1. The van der Waals surface area contributed by atoms with Gasteiger partial charge in [0.15, 0.2) is 9.84 Å². The molecule has 1 atom stereocenters. The molecule has 0 saturated carbocycles. The van der Waals surface area contributed by atoms with Crippen LogP contribution in [0.15, 0.2) is 42.5 Å². The summed E-state index contributed by atoms with van der Waals surface area (Å²) in [5, 5.41) is 4.70. The minimum absolute atomic E-state index is 0.0193. The lowest BCUT2D eigenvalue weighted by molar-refractivity contribution is 0.199. The third-order valence-electron chi connectivity index (χ3n) is 3.79. The van der Waals surface area contributed by atoms with Gasteiger partial charge >= 0.3 is 6.09 Å². The highest BCUT2D eigenvalue weighted by molar-refractivity contribution is 7.91. The average Bonchev–Trinajstić information content (AvgIpc) is 2.84. The van der Waals surface area contributed by atoms with Gasteiger partial charge in [-0.25, -0.2) is 13.2 Å². The maximum atomic E-state index is 11.8. The maximum Gasteiger partial charge on any atom is 0.412 e. The molecular formula is C16H17NO4S. The van der Waals surface area contributed by atoms with E-state index >= 15 is 0 Å². The van der Waals surface area contributed by atoms with E-state index in [1.54, 1.807) is 12.1 Å². The van der Waals surface area contributed by atoms with E-state index in [0.29, 0.717) is 18.7 Å². The fourth-order valence-corrected chi connectivity index (χ4v) is 4.50. The molecule has 6 heteroatoms. The molecule has 22 heavy (non-hydrogen) atoms. The number of nitrogens with one attached hydrogen (secondary N) is 1. The van der Waals surface area contributed by atoms with Crippen molar-refractivity contribution in [3.05, 3.63) is 42.5 Å².